The summed E-state index contributed by atoms with van der Waals surface area (Å²) in [4.78, 5) is 14.7. The number of amides is 1. The average molecular weight is 338 g/mol. The highest BCUT2D eigenvalue weighted by atomic mass is 32.2. The number of rotatable bonds is 3. The van der Waals surface area contributed by atoms with Gasteiger partial charge in [0, 0.05) is 31.7 Å². The number of sulfonamides is 1. The minimum Gasteiger partial charge on any atom is -0.336 e. The van der Waals surface area contributed by atoms with Crippen molar-refractivity contribution in [2.24, 2.45) is 0 Å². The Morgan fingerprint density at radius 1 is 1.00 bits per heavy atom. The van der Waals surface area contributed by atoms with E-state index in [0.717, 1.165) is 27.8 Å². The quantitative estimate of drug-likeness (QED) is 0.847. The van der Waals surface area contributed by atoms with E-state index in [1.54, 1.807) is 11.8 Å². The second-order valence-corrected chi connectivity index (χ2v) is 8.48. The van der Waals surface area contributed by atoms with Crippen molar-refractivity contribution in [3.63, 3.8) is 0 Å². The second kappa shape index (κ2) is 6.61. The van der Waals surface area contributed by atoms with Gasteiger partial charge in [0.25, 0.3) is 5.91 Å². The van der Waals surface area contributed by atoms with Gasteiger partial charge < -0.3 is 4.90 Å². The summed E-state index contributed by atoms with van der Waals surface area (Å²) in [6.07, 6.45) is 0. The Balaban J connectivity index is 2.22. The van der Waals surface area contributed by atoms with E-state index in [1.807, 2.05) is 27.7 Å². The van der Waals surface area contributed by atoms with Crippen molar-refractivity contribution in [1.29, 1.82) is 0 Å². The lowest BCUT2D eigenvalue weighted by molar-refractivity contribution is 0.0696. The van der Waals surface area contributed by atoms with Crippen LogP contribution in [0.5, 0.6) is 0 Å². The fourth-order valence-corrected chi connectivity index (χ4v) is 4.13. The molecule has 0 aromatic heterocycles. The molecule has 1 amide bonds. The van der Waals surface area contributed by atoms with E-state index in [1.165, 1.54) is 4.31 Å². The molecule has 128 valence electrons. The van der Waals surface area contributed by atoms with Gasteiger partial charge in [0.1, 0.15) is 0 Å². The molecule has 0 atom stereocenters. The molecule has 1 saturated heterocycles. The smallest absolute Gasteiger partial charge is 0.254 e. The van der Waals surface area contributed by atoms with Crippen LogP contribution in [0.25, 0.3) is 0 Å². The summed E-state index contributed by atoms with van der Waals surface area (Å²) >= 11 is 0. The maximum atomic E-state index is 12.9. The van der Waals surface area contributed by atoms with E-state index in [4.69, 9.17) is 0 Å². The lowest BCUT2D eigenvalue weighted by Gasteiger charge is -2.34. The first kappa shape index (κ1) is 17.9. The summed E-state index contributed by atoms with van der Waals surface area (Å²) in [7, 11) is -3.17. The predicted octanol–water partition coefficient (Wildman–Crippen LogP) is 2.03. The molecule has 0 N–H and O–H groups in total. The van der Waals surface area contributed by atoms with Crippen molar-refractivity contribution < 1.29 is 13.2 Å². The highest BCUT2D eigenvalue weighted by Gasteiger charge is 2.29. The van der Waals surface area contributed by atoms with Crippen molar-refractivity contribution >= 4 is 15.9 Å². The molecule has 1 aromatic carbocycles. The Morgan fingerprint density at radius 2 is 1.48 bits per heavy atom. The fraction of sp³-hybridized carbons (Fsp3) is 0.588. The zero-order valence-electron chi connectivity index (χ0n) is 14.6. The number of nitrogens with zero attached hydrogens (tertiary/aromatic N) is 2. The van der Waals surface area contributed by atoms with Crippen LogP contribution >= 0.6 is 0 Å². The summed E-state index contributed by atoms with van der Waals surface area (Å²) in [6, 6.07) is 2.10. The third kappa shape index (κ3) is 3.43. The van der Waals surface area contributed by atoms with Gasteiger partial charge in [-0.2, -0.15) is 4.31 Å². The van der Waals surface area contributed by atoms with Crippen LogP contribution in [0.15, 0.2) is 6.07 Å². The molecule has 1 heterocycles. The number of carbonyl (C=O) groups is 1. The SMILES string of the molecule is CCS(=O)(=O)N1CCN(C(=O)c2c(C)c(C)cc(C)c2C)CC1. The number of aryl methyl sites for hydroxylation is 2. The fourth-order valence-electron chi connectivity index (χ4n) is 3.05. The van der Waals surface area contributed by atoms with Gasteiger partial charge in [0.15, 0.2) is 0 Å². The molecule has 0 unspecified atom stereocenters. The minimum atomic E-state index is -3.17. The third-order valence-electron chi connectivity index (χ3n) is 4.86. The molecule has 6 heteroatoms. The van der Waals surface area contributed by atoms with Crippen molar-refractivity contribution in [3.8, 4) is 0 Å². The van der Waals surface area contributed by atoms with Crippen LogP contribution in [0.2, 0.25) is 0 Å². The van der Waals surface area contributed by atoms with Crippen LogP contribution in [0.1, 0.15) is 39.5 Å². The molecule has 0 radical (unpaired) electrons. The number of carbonyl (C=O) groups excluding carboxylic acids is 1. The Morgan fingerprint density at radius 3 is 1.91 bits per heavy atom. The summed E-state index contributed by atoms with van der Waals surface area (Å²) in [6.45, 7) is 11.3. The molecule has 1 aromatic rings. The minimum absolute atomic E-state index is 0.0142. The van der Waals surface area contributed by atoms with Gasteiger partial charge in [-0.1, -0.05) is 6.07 Å². The van der Waals surface area contributed by atoms with Crippen molar-refractivity contribution in [1.82, 2.24) is 9.21 Å². The lowest BCUT2D eigenvalue weighted by atomic mass is 9.93. The summed E-state index contributed by atoms with van der Waals surface area (Å²) in [5, 5.41) is 0. The number of piperazine rings is 1. The molecule has 0 aliphatic carbocycles. The molecule has 0 bridgehead atoms. The van der Waals surface area contributed by atoms with Crippen LogP contribution in [-0.2, 0) is 10.0 Å². The third-order valence-corrected chi connectivity index (χ3v) is 6.75. The van der Waals surface area contributed by atoms with Gasteiger partial charge in [-0.05, 0) is 56.9 Å². The van der Waals surface area contributed by atoms with Gasteiger partial charge in [-0.25, -0.2) is 8.42 Å². The molecule has 1 aliphatic rings. The highest BCUT2D eigenvalue weighted by Crippen LogP contribution is 2.24. The molecule has 0 spiro atoms. The van der Waals surface area contributed by atoms with Crippen LogP contribution < -0.4 is 0 Å². The van der Waals surface area contributed by atoms with Crippen LogP contribution in [-0.4, -0.2) is 55.5 Å². The van der Waals surface area contributed by atoms with E-state index in [-0.39, 0.29) is 11.7 Å². The Bertz CT molecular complexity index is 692. The van der Waals surface area contributed by atoms with E-state index < -0.39 is 10.0 Å². The van der Waals surface area contributed by atoms with Crippen LogP contribution in [0, 0.1) is 27.7 Å². The maximum absolute atomic E-state index is 12.9. The highest BCUT2D eigenvalue weighted by molar-refractivity contribution is 7.89. The standard InChI is InChI=1S/C17H26N2O3S/c1-6-23(21,22)19-9-7-18(8-10-19)17(20)16-14(4)12(2)11-13(3)15(16)5/h11H,6-10H2,1-5H3. The lowest BCUT2D eigenvalue weighted by Crippen LogP contribution is -2.51. The van der Waals surface area contributed by atoms with Gasteiger partial charge in [0.05, 0.1) is 5.75 Å². The van der Waals surface area contributed by atoms with Crippen molar-refractivity contribution in [2.45, 2.75) is 34.6 Å². The summed E-state index contributed by atoms with van der Waals surface area (Å²) < 4.78 is 25.3. The van der Waals surface area contributed by atoms with Gasteiger partial charge in [0.2, 0.25) is 10.0 Å². The van der Waals surface area contributed by atoms with Crippen LogP contribution in [0.3, 0.4) is 0 Å². The number of hydrogen-bond acceptors (Lipinski definition) is 3. The molecular weight excluding hydrogens is 312 g/mol. The van der Waals surface area contributed by atoms with Gasteiger partial charge in [-0.15, -0.1) is 0 Å². The van der Waals surface area contributed by atoms with Gasteiger partial charge >= 0.3 is 0 Å². The zero-order valence-corrected chi connectivity index (χ0v) is 15.5. The molecule has 0 saturated carbocycles. The molecule has 23 heavy (non-hydrogen) atoms. The maximum Gasteiger partial charge on any atom is 0.254 e. The zero-order chi connectivity index (χ0) is 17.4. The van der Waals surface area contributed by atoms with E-state index >= 15 is 0 Å². The number of benzene rings is 1. The summed E-state index contributed by atoms with van der Waals surface area (Å²) in [5.74, 6) is 0.122. The molecular formula is C17H26N2O3S. The molecule has 1 aliphatic heterocycles. The van der Waals surface area contributed by atoms with E-state index in [0.29, 0.717) is 26.2 Å². The second-order valence-electron chi connectivity index (χ2n) is 6.23. The summed E-state index contributed by atoms with van der Waals surface area (Å²) in [5.41, 5.74) is 5.03. The topological polar surface area (TPSA) is 57.7 Å². The Hall–Kier alpha value is -1.40. The molecule has 1 fully saturated rings. The normalized spacial score (nSPS) is 16.7. The monoisotopic (exact) mass is 338 g/mol. The van der Waals surface area contributed by atoms with Crippen LogP contribution in [0.4, 0.5) is 0 Å². The number of hydrogen-bond donors (Lipinski definition) is 0. The predicted molar refractivity (Wildman–Crippen MR) is 92.3 cm³/mol. The first-order chi connectivity index (χ1) is 10.7. The van der Waals surface area contributed by atoms with E-state index in [9.17, 15) is 13.2 Å². The van der Waals surface area contributed by atoms with Gasteiger partial charge in [-0.3, -0.25) is 4.79 Å². The van der Waals surface area contributed by atoms with E-state index in [2.05, 4.69) is 6.07 Å². The Kier molecular flexibility index (Phi) is 5.16. The molecule has 5 nitrogen and oxygen atoms in total. The van der Waals surface area contributed by atoms with Crippen molar-refractivity contribution in [2.75, 3.05) is 31.9 Å². The molecule has 2 rings (SSSR count). The first-order valence-corrected chi connectivity index (χ1v) is 9.64. The first-order valence-electron chi connectivity index (χ1n) is 8.03. The Labute approximate surface area is 139 Å². The largest absolute Gasteiger partial charge is 0.336 e. The average Bonchev–Trinajstić information content (AvgIpc) is 2.53. The van der Waals surface area contributed by atoms with Crippen molar-refractivity contribution in [3.05, 3.63) is 33.9 Å².